The highest BCUT2D eigenvalue weighted by atomic mass is 16.3. The van der Waals surface area contributed by atoms with E-state index in [-0.39, 0.29) is 0 Å². The van der Waals surface area contributed by atoms with E-state index in [1.54, 1.807) is 17.1 Å². The van der Waals surface area contributed by atoms with Crippen LogP contribution in [0.25, 0.3) is 6.20 Å². The Labute approximate surface area is 107 Å². The summed E-state index contributed by atoms with van der Waals surface area (Å²) in [4.78, 5) is 0. The zero-order chi connectivity index (χ0) is 13.1. The molecule has 2 N–H and O–H groups in total. The highest BCUT2D eigenvalue weighted by molar-refractivity contribution is 5.59. The SMILES string of the molecule is C=Cn1cc(CNc2ccc(C)c(O)c2C)cn1. The van der Waals surface area contributed by atoms with Gasteiger partial charge in [0.2, 0.25) is 0 Å². The van der Waals surface area contributed by atoms with E-state index in [0.29, 0.717) is 12.3 Å². The van der Waals surface area contributed by atoms with Crippen molar-refractivity contribution in [1.29, 1.82) is 0 Å². The number of aromatic hydroxyl groups is 1. The molecular formula is C14H17N3O. The van der Waals surface area contributed by atoms with Crippen molar-refractivity contribution in [2.45, 2.75) is 20.4 Å². The van der Waals surface area contributed by atoms with E-state index in [0.717, 1.165) is 22.4 Å². The number of phenolic OH excluding ortho intramolecular Hbond substituents is 1. The number of benzene rings is 1. The van der Waals surface area contributed by atoms with Gasteiger partial charge in [-0.1, -0.05) is 12.6 Å². The molecule has 1 aromatic carbocycles. The molecule has 4 nitrogen and oxygen atoms in total. The largest absolute Gasteiger partial charge is 0.507 e. The molecule has 0 fully saturated rings. The Bertz CT molecular complexity index is 572. The van der Waals surface area contributed by atoms with Gasteiger partial charge in [0.15, 0.2) is 0 Å². The molecule has 4 heteroatoms. The number of aryl methyl sites for hydroxylation is 1. The second-order valence-corrected chi connectivity index (χ2v) is 4.27. The maximum atomic E-state index is 9.86. The van der Waals surface area contributed by atoms with Gasteiger partial charge in [-0.15, -0.1) is 0 Å². The fourth-order valence-corrected chi connectivity index (χ4v) is 1.79. The maximum absolute atomic E-state index is 9.86. The number of anilines is 1. The molecule has 0 amide bonds. The monoisotopic (exact) mass is 243 g/mol. The highest BCUT2D eigenvalue weighted by Gasteiger charge is 2.06. The lowest BCUT2D eigenvalue weighted by Gasteiger charge is -2.11. The maximum Gasteiger partial charge on any atom is 0.123 e. The van der Waals surface area contributed by atoms with Crippen LogP contribution in [0.2, 0.25) is 0 Å². The molecule has 0 aliphatic heterocycles. The van der Waals surface area contributed by atoms with Crippen molar-refractivity contribution in [2.24, 2.45) is 0 Å². The van der Waals surface area contributed by atoms with Crippen LogP contribution in [0, 0.1) is 13.8 Å². The van der Waals surface area contributed by atoms with Gasteiger partial charge in [-0.2, -0.15) is 5.10 Å². The molecule has 2 rings (SSSR count). The van der Waals surface area contributed by atoms with E-state index < -0.39 is 0 Å². The Kier molecular flexibility index (Phi) is 3.37. The van der Waals surface area contributed by atoms with Crippen LogP contribution in [0.3, 0.4) is 0 Å². The van der Waals surface area contributed by atoms with Gasteiger partial charge < -0.3 is 10.4 Å². The van der Waals surface area contributed by atoms with Crippen molar-refractivity contribution in [3.8, 4) is 5.75 Å². The predicted molar refractivity (Wildman–Crippen MR) is 73.5 cm³/mol. The second kappa shape index (κ2) is 4.96. The summed E-state index contributed by atoms with van der Waals surface area (Å²) in [5, 5.41) is 17.3. The van der Waals surface area contributed by atoms with Crippen LogP contribution in [0.4, 0.5) is 5.69 Å². The van der Waals surface area contributed by atoms with Crippen molar-refractivity contribution in [3.63, 3.8) is 0 Å². The summed E-state index contributed by atoms with van der Waals surface area (Å²) in [6, 6.07) is 3.88. The summed E-state index contributed by atoms with van der Waals surface area (Å²) < 4.78 is 1.66. The third kappa shape index (κ3) is 2.37. The van der Waals surface area contributed by atoms with E-state index in [9.17, 15) is 5.11 Å². The lowest BCUT2D eigenvalue weighted by molar-refractivity contribution is 0.467. The zero-order valence-electron chi connectivity index (χ0n) is 10.6. The summed E-state index contributed by atoms with van der Waals surface area (Å²) in [7, 11) is 0. The first-order valence-electron chi connectivity index (χ1n) is 5.80. The molecule has 0 aliphatic rings. The summed E-state index contributed by atoms with van der Waals surface area (Å²) in [6.07, 6.45) is 5.34. The van der Waals surface area contributed by atoms with Gasteiger partial charge in [0.1, 0.15) is 5.75 Å². The molecule has 0 saturated carbocycles. The molecule has 1 heterocycles. The van der Waals surface area contributed by atoms with Gasteiger partial charge in [0.25, 0.3) is 0 Å². The topological polar surface area (TPSA) is 50.1 Å². The highest BCUT2D eigenvalue weighted by Crippen LogP contribution is 2.28. The van der Waals surface area contributed by atoms with Gasteiger partial charge in [0, 0.05) is 35.8 Å². The van der Waals surface area contributed by atoms with Crippen LogP contribution in [0.1, 0.15) is 16.7 Å². The van der Waals surface area contributed by atoms with Gasteiger partial charge in [0.05, 0.1) is 6.20 Å². The van der Waals surface area contributed by atoms with Gasteiger partial charge >= 0.3 is 0 Å². The summed E-state index contributed by atoms with van der Waals surface area (Å²) in [5.74, 6) is 0.349. The van der Waals surface area contributed by atoms with Gasteiger partial charge in [-0.25, -0.2) is 4.68 Å². The standard InChI is InChI=1S/C14H17N3O/c1-4-17-9-12(8-16-17)7-15-13-6-5-10(2)14(18)11(13)3/h4-6,8-9,15,18H,1,7H2,2-3H3. The predicted octanol–water partition coefficient (Wildman–Crippen LogP) is 2.92. The Morgan fingerprint density at radius 2 is 2.22 bits per heavy atom. The van der Waals surface area contributed by atoms with Crippen molar-refractivity contribution in [1.82, 2.24) is 9.78 Å². The molecular weight excluding hydrogens is 226 g/mol. The number of nitrogens with one attached hydrogen (secondary N) is 1. The molecule has 0 atom stereocenters. The number of hydrogen-bond acceptors (Lipinski definition) is 3. The lowest BCUT2D eigenvalue weighted by Crippen LogP contribution is -2.00. The Morgan fingerprint density at radius 1 is 1.44 bits per heavy atom. The van der Waals surface area contributed by atoms with Gasteiger partial charge in [-0.05, 0) is 25.5 Å². The first-order valence-corrected chi connectivity index (χ1v) is 5.80. The van der Waals surface area contributed by atoms with E-state index >= 15 is 0 Å². The van der Waals surface area contributed by atoms with Crippen LogP contribution in [-0.4, -0.2) is 14.9 Å². The molecule has 2 aromatic rings. The molecule has 0 bridgehead atoms. The first-order chi connectivity index (χ1) is 8.61. The molecule has 18 heavy (non-hydrogen) atoms. The number of nitrogens with zero attached hydrogens (tertiary/aromatic N) is 2. The molecule has 0 radical (unpaired) electrons. The Morgan fingerprint density at radius 3 is 2.89 bits per heavy atom. The van der Waals surface area contributed by atoms with Crippen molar-refractivity contribution in [2.75, 3.05) is 5.32 Å². The van der Waals surface area contributed by atoms with E-state index in [1.165, 1.54) is 0 Å². The summed E-state index contributed by atoms with van der Waals surface area (Å²) in [6.45, 7) is 8.10. The fourth-order valence-electron chi connectivity index (χ4n) is 1.79. The minimum Gasteiger partial charge on any atom is -0.507 e. The second-order valence-electron chi connectivity index (χ2n) is 4.27. The fraction of sp³-hybridized carbons (Fsp3) is 0.214. The quantitative estimate of drug-likeness (QED) is 0.868. The third-order valence-corrected chi connectivity index (χ3v) is 2.96. The van der Waals surface area contributed by atoms with Crippen LogP contribution in [-0.2, 0) is 6.54 Å². The Hall–Kier alpha value is -2.23. The van der Waals surface area contributed by atoms with E-state index in [1.807, 2.05) is 32.2 Å². The molecule has 94 valence electrons. The third-order valence-electron chi connectivity index (χ3n) is 2.96. The van der Waals surface area contributed by atoms with Crippen molar-refractivity contribution in [3.05, 3.63) is 47.8 Å². The van der Waals surface area contributed by atoms with Crippen LogP contribution < -0.4 is 5.32 Å². The molecule has 0 saturated heterocycles. The Balaban J connectivity index is 2.10. The molecule has 0 unspecified atom stereocenters. The van der Waals surface area contributed by atoms with Crippen molar-refractivity contribution >= 4 is 11.9 Å². The number of hydrogen-bond donors (Lipinski definition) is 2. The first kappa shape index (κ1) is 12.2. The average molecular weight is 243 g/mol. The van der Waals surface area contributed by atoms with Gasteiger partial charge in [-0.3, -0.25) is 0 Å². The van der Waals surface area contributed by atoms with Crippen molar-refractivity contribution < 1.29 is 5.11 Å². The molecule has 0 spiro atoms. The van der Waals surface area contributed by atoms with E-state index in [2.05, 4.69) is 17.0 Å². The van der Waals surface area contributed by atoms with E-state index in [4.69, 9.17) is 0 Å². The molecule has 0 aliphatic carbocycles. The molecule has 1 aromatic heterocycles. The minimum atomic E-state index is 0.349. The van der Waals surface area contributed by atoms with Crippen LogP contribution in [0.5, 0.6) is 5.75 Å². The number of aromatic nitrogens is 2. The zero-order valence-corrected chi connectivity index (χ0v) is 10.6. The normalized spacial score (nSPS) is 10.3. The minimum absolute atomic E-state index is 0.349. The summed E-state index contributed by atoms with van der Waals surface area (Å²) in [5.41, 5.74) is 3.75. The number of phenols is 1. The van der Waals surface area contributed by atoms with Crippen LogP contribution in [0.15, 0.2) is 31.1 Å². The average Bonchev–Trinajstić information content (AvgIpc) is 2.83. The number of rotatable bonds is 4. The lowest BCUT2D eigenvalue weighted by atomic mass is 10.1. The smallest absolute Gasteiger partial charge is 0.123 e. The van der Waals surface area contributed by atoms with Crippen LogP contribution >= 0.6 is 0 Å². The summed E-state index contributed by atoms with van der Waals surface area (Å²) >= 11 is 0.